The van der Waals surface area contributed by atoms with Crippen LogP contribution in [0.25, 0.3) is 0 Å². The van der Waals surface area contributed by atoms with Crippen molar-refractivity contribution in [2.75, 3.05) is 19.8 Å². The summed E-state index contributed by atoms with van der Waals surface area (Å²) < 4.78 is 22.1. The van der Waals surface area contributed by atoms with Gasteiger partial charge in [0.15, 0.2) is 12.4 Å². The van der Waals surface area contributed by atoms with Crippen molar-refractivity contribution in [2.24, 2.45) is 0 Å². The zero-order valence-corrected chi connectivity index (χ0v) is 35.0. The maximum absolute atomic E-state index is 12.8. The molecule has 10 heteroatoms. The number of hydrogen-bond donors (Lipinski definition) is 4. The van der Waals surface area contributed by atoms with Crippen LogP contribution in [-0.4, -0.2) is 89.0 Å². The maximum atomic E-state index is 12.8. The molecule has 0 spiro atoms. The van der Waals surface area contributed by atoms with Crippen molar-refractivity contribution >= 4 is 11.9 Å². The smallest absolute Gasteiger partial charge is 0.306 e. The normalized spacial score (nSPS) is 21.1. The number of aliphatic hydroxyl groups is 4. The van der Waals surface area contributed by atoms with Crippen LogP contribution in [0.3, 0.4) is 0 Å². The van der Waals surface area contributed by atoms with E-state index >= 15 is 0 Å². The monoisotopic (exact) mass is 801 g/mol. The van der Waals surface area contributed by atoms with Gasteiger partial charge in [-0.1, -0.05) is 131 Å². The maximum Gasteiger partial charge on any atom is 0.306 e. The van der Waals surface area contributed by atoms with Gasteiger partial charge in [-0.2, -0.15) is 0 Å². The van der Waals surface area contributed by atoms with Gasteiger partial charge in [0, 0.05) is 12.8 Å². The number of carbonyl (C=O) groups is 2. The highest BCUT2D eigenvalue weighted by Crippen LogP contribution is 2.22. The molecule has 1 saturated heterocycles. The largest absolute Gasteiger partial charge is 0.462 e. The summed E-state index contributed by atoms with van der Waals surface area (Å²) >= 11 is 0. The predicted molar refractivity (Wildman–Crippen MR) is 228 cm³/mol. The molecule has 0 aromatic rings. The Balaban J connectivity index is 2.39. The van der Waals surface area contributed by atoms with E-state index in [1.54, 1.807) is 0 Å². The van der Waals surface area contributed by atoms with Gasteiger partial charge in [0.1, 0.15) is 31.0 Å². The van der Waals surface area contributed by atoms with E-state index in [-0.39, 0.29) is 26.1 Å². The molecule has 6 atom stereocenters. The van der Waals surface area contributed by atoms with Crippen LogP contribution in [0.1, 0.15) is 142 Å². The van der Waals surface area contributed by atoms with E-state index in [2.05, 4.69) is 98.9 Å². The molecular formula is C47H76O10. The Morgan fingerprint density at radius 2 is 1.04 bits per heavy atom. The number of esters is 2. The first-order valence-electron chi connectivity index (χ1n) is 21.7. The number of ether oxygens (including phenoxy) is 4. The van der Waals surface area contributed by atoms with Gasteiger partial charge in [0.25, 0.3) is 0 Å². The summed E-state index contributed by atoms with van der Waals surface area (Å²) in [4.78, 5) is 25.3. The highest BCUT2D eigenvalue weighted by Gasteiger charge is 2.44. The minimum atomic E-state index is -1.61. The third-order valence-electron chi connectivity index (χ3n) is 9.25. The molecule has 0 radical (unpaired) electrons. The second kappa shape index (κ2) is 37.2. The van der Waals surface area contributed by atoms with Gasteiger partial charge in [-0.3, -0.25) is 9.59 Å². The number of aliphatic hydroxyl groups excluding tert-OH is 4. The second-order valence-corrected chi connectivity index (χ2v) is 14.4. The summed E-state index contributed by atoms with van der Waals surface area (Å²) in [5.74, 6) is -0.871. The Morgan fingerprint density at radius 1 is 0.561 bits per heavy atom. The second-order valence-electron chi connectivity index (χ2n) is 14.4. The first kappa shape index (κ1) is 51.9. The van der Waals surface area contributed by atoms with Gasteiger partial charge >= 0.3 is 11.9 Å². The van der Waals surface area contributed by atoms with Crippen molar-refractivity contribution in [1.29, 1.82) is 0 Å². The molecule has 0 amide bonds. The number of allylic oxidation sites excluding steroid dienone is 14. The molecule has 1 heterocycles. The van der Waals surface area contributed by atoms with Crippen LogP contribution in [0.4, 0.5) is 0 Å². The van der Waals surface area contributed by atoms with Crippen LogP contribution in [-0.2, 0) is 28.5 Å². The average Bonchev–Trinajstić information content (AvgIpc) is 3.21. The van der Waals surface area contributed by atoms with E-state index < -0.39 is 55.4 Å². The van der Waals surface area contributed by atoms with Crippen molar-refractivity contribution < 1.29 is 49.0 Å². The van der Waals surface area contributed by atoms with E-state index in [4.69, 9.17) is 18.9 Å². The summed E-state index contributed by atoms with van der Waals surface area (Å²) in [5.41, 5.74) is 0. The topological polar surface area (TPSA) is 152 Å². The van der Waals surface area contributed by atoms with E-state index in [0.29, 0.717) is 12.8 Å². The molecule has 0 aromatic heterocycles. The Kier molecular flexibility index (Phi) is 33.8. The fourth-order valence-electron chi connectivity index (χ4n) is 5.84. The summed E-state index contributed by atoms with van der Waals surface area (Å²) in [6.45, 7) is 3.17. The van der Waals surface area contributed by atoms with Crippen molar-refractivity contribution in [3.63, 3.8) is 0 Å². The zero-order valence-electron chi connectivity index (χ0n) is 35.0. The van der Waals surface area contributed by atoms with Gasteiger partial charge in [-0.25, -0.2) is 0 Å². The van der Waals surface area contributed by atoms with Gasteiger partial charge in [-0.15, -0.1) is 0 Å². The third-order valence-corrected chi connectivity index (χ3v) is 9.25. The highest BCUT2D eigenvalue weighted by molar-refractivity contribution is 5.70. The molecule has 0 bridgehead atoms. The van der Waals surface area contributed by atoms with Crippen LogP contribution < -0.4 is 0 Å². The molecule has 1 aliphatic rings. The molecule has 324 valence electrons. The van der Waals surface area contributed by atoms with E-state index in [1.165, 1.54) is 6.42 Å². The van der Waals surface area contributed by atoms with Crippen molar-refractivity contribution in [2.45, 2.75) is 179 Å². The minimum absolute atomic E-state index is 0.182. The summed E-state index contributed by atoms with van der Waals surface area (Å²) in [6.07, 6.45) is 40.1. The van der Waals surface area contributed by atoms with Crippen LogP contribution in [0.2, 0.25) is 0 Å². The predicted octanol–water partition coefficient (Wildman–Crippen LogP) is 8.99. The summed E-state index contributed by atoms with van der Waals surface area (Å²) in [5, 5.41) is 40.0. The van der Waals surface area contributed by atoms with E-state index in [9.17, 15) is 30.0 Å². The first-order valence-corrected chi connectivity index (χ1v) is 21.7. The number of rotatable bonds is 34. The lowest BCUT2D eigenvalue weighted by Gasteiger charge is -2.39. The molecule has 57 heavy (non-hydrogen) atoms. The Bertz CT molecular complexity index is 1200. The number of hydrogen-bond acceptors (Lipinski definition) is 10. The quantitative estimate of drug-likeness (QED) is 0.0282. The fraction of sp³-hybridized carbons (Fsp3) is 0.660. The van der Waals surface area contributed by atoms with Gasteiger partial charge in [0.2, 0.25) is 0 Å². The van der Waals surface area contributed by atoms with Crippen molar-refractivity contribution in [3.8, 4) is 0 Å². The van der Waals surface area contributed by atoms with Crippen molar-refractivity contribution in [3.05, 3.63) is 85.1 Å². The molecule has 1 fully saturated rings. The van der Waals surface area contributed by atoms with Crippen LogP contribution in [0.5, 0.6) is 0 Å². The van der Waals surface area contributed by atoms with Crippen LogP contribution in [0, 0.1) is 0 Å². The van der Waals surface area contributed by atoms with Gasteiger partial charge < -0.3 is 39.4 Å². The lowest BCUT2D eigenvalue weighted by Crippen LogP contribution is -2.59. The molecule has 0 aromatic carbocycles. The van der Waals surface area contributed by atoms with Crippen LogP contribution >= 0.6 is 0 Å². The molecule has 1 rings (SSSR count). The molecule has 6 unspecified atom stereocenters. The minimum Gasteiger partial charge on any atom is -0.462 e. The molecular weight excluding hydrogens is 725 g/mol. The Hall–Kier alpha value is -3.12. The standard InChI is InChI=1S/C47H76O10/c1-3-5-7-9-11-13-15-17-18-19-20-21-22-24-26-28-30-32-34-36-43(50)56-40(39-55-47-46(53)45(52)44(51)41(37-48)57-47)38-54-42(49)35-33-31-29-27-25-23-16-14-12-10-8-6-4-2/h5,7-8,10-11,13-14,16-18,20-21,24,26,40-41,44-48,51-53H,3-4,6,9,12,15,19,22-23,25,27-39H2,1-2H3/b7-5-,10-8-,13-11-,16-14-,18-17-,21-20-,26-24-. The lowest BCUT2D eigenvalue weighted by molar-refractivity contribution is -0.305. The lowest BCUT2D eigenvalue weighted by atomic mass is 9.99. The zero-order chi connectivity index (χ0) is 41.6. The number of unbranched alkanes of at least 4 members (excludes halogenated alkanes) is 9. The molecule has 1 aliphatic heterocycles. The SMILES string of the molecule is CC/C=C\C/C=C\C/C=C\C/C=C\C/C=C\CCCCCC(=O)OC(COC(=O)CCCCCCC/C=C\C/C=C\CCC)COC1OC(CO)C(O)C(O)C1O. The van der Waals surface area contributed by atoms with Crippen LogP contribution in [0.15, 0.2) is 85.1 Å². The number of carbonyl (C=O) groups excluding carboxylic acids is 2. The van der Waals surface area contributed by atoms with Crippen molar-refractivity contribution in [1.82, 2.24) is 0 Å². The Morgan fingerprint density at radius 3 is 1.58 bits per heavy atom. The first-order chi connectivity index (χ1) is 27.8. The van der Waals surface area contributed by atoms with E-state index in [0.717, 1.165) is 96.3 Å². The fourth-order valence-corrected chi connectivity index (χ4v) is 5.84. The summed E-state index contributed by atoms with van der Waals surface area (Å²) in [6, 6.07) is 0. The van der Waals surface area contributed by atoms with Gasteiger partial charge in [-0.05, 0) is 83.5 Å². The molecule has 4 N–H and O–H groups in total. The Labute approximate surface area is 344 Å². The highest BCUT2D eigenvalue weighted by atomic mass is 16.7. The van der Waals surface area contributed by atoms with Gasteiger partial charge in [0.05, 0.1) is 13.2 Å². The van der Waals surface area contributed by atoms with E-state index in [1.807, 2.05) is 0 Å². The third kappa shape index (κ3) is 28.9. The molecule has 0 aliphatic carbocycles. The molecule has 0 saturated carbocycles. The summed E-state index contributed by atoms with van der Waals surface area (Å²) in [7, 11) is 0. The average molecular weight is 801 g/mol. The molecule has 10 nitrogen and oxygen atoms in total.